The van der Waals surface area contributed by atoms with E-state index in [-0.39, 0.29) is 30.3 Å². The Morgan fingerprint density at radius 2 is 1.55 bits per heavy atom. The van der Waals surface area contributed by atoms with Crippen LogP contribution in [0.15, 0.2) is 48.5 Å². The lowest BCUT2D eigenvalue weighted by Crippen LogP contribution is -2.51. The van der Waals surface area contributed by atoms with Crippen molar-refractivity contribution in [1.29, 1.82) is 0 Å². The number of halogens is 1. The molecule has 3 amide bonds. The molecule has 0 N–H and O–H groups in total. The van der Waals surface area contributed by atoms with Crippen LogP contribution >= 0.6 is 0 Å². The maximum Gasteiger partial charge on any atom is 0.410 e. The van der Waals surface area contributed by atoms with Gasteiger partial charge in [0.1, 0.15) is 11.4 Å². The van der Waals surface area contributed by atoms with Gasteiger partial charge in [-0.25, -0.2) is 9.18 Å². The molecule has 1 heterocycles. The van der Waals surface area contributed by atoms with E-state index < -0.39 is 5.60 Å². The third-order valence-corrected chi connectivity index (χ3v) is 6.00. The third-order valence-electron chi connectivity index (χ3n) is 6.00. The molecule has 3 rings (SSSR count). The molecular weight excluding hydrogens is 485 g/mol. The van der Waals surface area contributed by atoms with Crippen molar-refractivity contribution in [3.63, 3.8) is 0 Å². The highest BCUT2D eigenvalue weighted by atomic mass is 19.1. The Labute approximate surface area is 224 Å². The number of carbonyl (C=O) groups excluding carboxylic acids is 3. The Balaban J connectivity index is 1.59. The van der Waals surface area contributed by atoms with E-state index in [9.17, 15) is 18.8 Å². The summed E-state index contributed by atoms with van der Waals surface area (Å²) >= 11 is 0. The lowest BCUT2D eigenvalue weighted by Gasteiger charge is -2.35. The minimum Gasteiger partial charge on any atom is -0.444 e. The number of anilines is 1. The number of benzene rings is 2. The van der Waals surface area contributed by atoms with Crippen molar-refractivity contribution in [2.45, 2.75) is 52.6 Å². The van der Waals surface area contributed by atoms with E-state index in [2.05, 4.69) is 11.8 Å². The molecule has 8 heteroatoms. The van der Waals surface area contributed by atoms with Crippen molar-refractivity contribution in [1.82, 2.24) is 9.80 Å². The Morgan fingerprint density at radius 1 is 0.947 bits per heavy atom. The SMILES string of the molecule is CCCCC(=O)N(CC#Cc1ccc(C(=O)N2CCN(C(=O)OC(C)(C)C)CC2)cc1)c1ccc(F)cc1. The molecule has 1 saturated heterocycles. The summed E-state index contributed by atoms with van der Waals surface area (Å²) in [5, 5.41) is 0. The number of ether oxygens (including phenoxy) is 1. The molecule has 1 aliphatic rings. The number of hydrogen-bond acceptors (Lipinski definition) is 4. The number of piperazine rings is 1. The van der Waals surface area contributed by atoms with Crippen LogP contribution in [0.25, 0.3) is 0 Å². The minimum absolute atomic E-state index is 0.0551. The molecule has 2 aromatic carbocycles. The fourth-order valence-electron chi connectivity index (χ4n) is 3.93. The average molecular weight is 522 g/mol. The first-order chi connectivity index (χ1) is 18.1. The molecule has 0 unspecified atom stereocenters. The van der Waals surface area contributed by atoms with E-state index in [0.717, 1.165) is 18.4 Å². The fourth-order valence-corrected chi connectivity index (χ4v) is 3.93. The number of unbranched alkanes of at least 4 members (excludes halogenated alkanes) is 1. The van der Waals surface area contributed by atoms with Crippen molar-refractivity contribution in [3.05, 3.63) is 65.5 Å². The molecule has 1 aliphatic heterocycles. The molecule has 0 saturated carbocycles. The molecule has 0 atom stereocenters. The van der Waals surface area contributed by atoms with Crippen molar-refractivity contribution < 1.29 is 23.5 Å². The number of hydrogen-bond donors (Lipinski definition) is 0. The van der Waals surface area contributed by atoms with Gasteiger partial charge in [-0.2, -0.15) is 0 Å². The summed E-state index contributed by atoms with van der Waals surface area (Å²) in [5.74, 6) is 5.57. The molecule has 0 bridgehead atoms. The van der Waals surface area contributed by atoms with Crippen LogP contribution in [0.2, 0.25) is 0 Å². The normalized spacial score (nSPS) is 13.4. The van der Waals surface area contributed by atoms with Crippen LogP contribution in [0.1, 0.15) is 62.9 Å². The Bertz CT molecular complexity index is 1170. The molecule has 2 aromatic rings. The lowest BCUT2D eigenvalue weighted by atomic mass is 10.1. The highest BCUT2D eigenvalue weighted by molar-refractivity contribution is 5.95. The van der Waals surface area contributed by atoms with E-state index in [0.29, 0.717) is 43.9 Å². The second kappa shape index (κ2) is 13.1. The topological polar surface area (TPSA) is 70.2 Å². The smallest absolute Gasteiger partial charge is 0.410 e. The predicted molar refractivity (Wildman–Crippen MR) is 145 cm³/mol. The molecule has 1 fully saturated rings. The first-order valence-corrected chi connectivity index (χ1v) is 13.0. The van der Waals surface area contributed by atoms with Gasteiger partial charge < -0.3 is 19.4 Å². The second-order valence-corrected chi connectivity index (χ2v) is 10.2. The van der Waals surface area contributed by atoms with Gasteiger partial charge in [0.25, 0.3) is 5.91 Å². The zero-order valence-electron chi connectivity index (χ0n) is 22.6. The Morgan fingerprint density at radius 3 is 2.13 bits per heavy atom. The monoisotopic (exact) mass is 521 g/mol. The van der Waals surface area contributed by atoms with Gasteiger partial charge >= 0.3 is 6.09 Å². The Hall–Kier alpha value is -3.86. The second-order valence-electron chi connectivity index (χ2n) is 10.2. The van der Waals surface area contributed by atoms with Crippen molar-refractivity contribution in [3.8, 4) is 11.8 Å². The third kappa shape index (κ3) is 8.34. The summed E-state index contributed by atoms with van der Waals surface area (Å²) in [6, 6.07) is 12.8. The summed E-state index contributed by atoms with van der Waals surface area (Å²) in [5.41, 5.74) is 1.31. The van der Waals surface area contributed by atoms with Crippen LogP contribution in [0.4, 0.5) is 14.9 Å². The highest BCUT2D eigenvalue weighted by Gasteiger charge is 2.28. The van der Waals surface area contributed by atoms with E-state index >= 15 is 0 Å². The molecular formula is C30H36FN3O4. The van der Waals surface area contributed by atoms with Gasteiger partial charge in [0.15, 0.2) is 0 Å². The van der Waals surface area contributed by atoms with E-state index in [1.165, 1.54) is 12.1 Å². The Kier molecular flexibility index (Phi) is 9.89. The van der Waals surface area contributed by atoms with Crippen LogP contribution in [-0.2, 0) is 9.53 Å². The molecule has 38 heavy (non-hydrogen) atoms. The molecule has 0 aromatic heterocycles. The molecule has 0 spiro atoms. The first kappa shape index (κ1) is 28.7. The summed E-state index contributed by atoms with van der Waals surface area (Å²) < 4.78 is 18.8. The number of amides is 3. The number of carbonyl (C=O) groups is 3. The molecule has 0 aliphatic carbocycles. The average Bonchev–Trinajstić information content (AvgIpc) is 2.89. The van der Waals surface area contributed by atoms with Crippen molar-refractivity contribution >= 4 is 23.6 Å². The van der Waals surface area contributed by atoms with Gasteiger partial charge in [-0.15, -0.1) is 0 Å². The highest BCUT2D eigenvalue weighted by Crippen LogP contribution is 2.17. The van der Waals surface area contributed by atoms with Crippen LogP contribution in [-0.4, -0.2) is 66.0 Å². The van der Waals surface area contributed by atoms with Gasteiger partial charge in [-0.1, -0.05) is 25.2 Å². The molecule has 0 radical (unpaired) electrons. The van der Waals surface area contributed by atoms with Gasteiger partial charge in [-0.05, 0) is 75.7 Å². The standard InChI is InChI=1S/C30H36FN3O4/c1-5-6-9-27(35)34(26-16-14-25(31)15-17-26)18-7-8-23-10-12-24(13-11-23)28(36)32-19-21-33(22-20-32)29(37)38-30(2,3)4/h10-17H,5-6,9,18-22H2,1-4H3. The van der Waals surface area contributed by atoms with Gasteiger partial charge in [0.05, 0.1) is 6.54 Å². The van der Waals surface area contributed by atoms with Crippen LogP contribution < -0.4 is 4.90 Å². The fraction of sp³-hybridized carbons (Fsp3) is 0.433. The quantitative estimate of drug-likeness (QED) is 0.497. The van der Waals surface area contributed by atoms with Gasteiger partial charge in [0, 0.05) is 49.4 Å². The molecule has 202 valence electrons. The van der Waals surface area contributed by atoms with Crippen LogP contribution in [0.5, 0.6) is 0 Å². The summed E-state index contributed by atoms with van der Waals surface area (Å²) in [6.45, 7) is 9.39. The first-order valence-electron chi connectivity index (χ1n) is 13.0. The minimum atomic E-state index is -0.557. The zero-order chi connectivity index (χ0) is 27.7. The van der Waals surface area contributed by atoms with Crippen molar-refractivity contribution in [2.75, 3.05) is 37.6 Å². The largest absolute Gasteiger partial charge is 0.444 e. The summed E-state index contributed by atoms with van der Waals surface area (Å²) in [4.78, 5) is 42.8. The summed E-state index contributed by atoms with van der Waals surface area (Å²) in [6.07, 6.45) is 1.71. The van der Waals surface area contributed by atoms with E-state index in [4.69, 9.17) is 4.74 Å². The number of nitrogens with zero attached hydrogens (tertiary/aromatic N) is 3. The van der Waals surface area contributed by atoms with Gasteiger partial charge in [-0.3, -0.25) is 9.59 Å². The summed E-state index contributed by atoms with van der Waals surface area (Å²) in [7, 11) is 0. The maximum atomic E-state index is 13.4. The van der Waals surface area contributed by atoms with Gasteiger partial charge in [0.2, 0.25) is 5.91 Å². The van der Waals surface area contributed by atoms with Crippen LogP contribution in [0.3, 0.4) is 0 Å². The molecule has 7 nitrogen and oxygen atoms in total. The predicted octanol–water partition coefficient (Wildman–Crippen LogP) is 5.09. The lowest BCUT2D eigenvalue weighted by molar-refractivity contribution is -0.118. The zero-order valence-corrected chi connectivity index (χ0v) is 22.6. The van der Waals surface area contributed by atoms with E-state index in [1.807, 2.05) is 27.7 Å². The van der Waals surface area contributed by atoms with E-state index in [1.54, 1.807) is 51.1 Å². The number of rotatable bonds is 6. The van der Waals surface area contributed by atoms with Crippen molar-refractivity contribution in [2.24, 2.45) is 0 Å². The van der Waals surface area contributed by atoms with Crippen LogP contribution in [0, 0.1) is 17.7 Å². The maximum absolute atomic E-state index is 13.4.